The number of halogens is 1. The minimum Gasteiger partial charge on any atom is -0.332 e. The quantitative estimate of drug-likeness (QED) is 0.812. The normalized spacial score (nSPS) is 20.2. The first-order valence-electron chi connectivity index (χ1n) is 9.60. The van der Waals surface area contributed by atoms with E-state index >= 15 is 0 Å². The van der Waals surface area contributed by atoms with Gasteiger partial charge in [-0.2, -0.15) is 0 Å². The van der Waals surface area contributed by atoms with Gasteiger partial charge in [0, 0.05) is 30.8 Å². The van der Waals surface area contributed by atoms with Crippen molar-refractivity contribution >= 4 is 17.5 Å². The third-order valence-electron chi connectivity index (χ3n) is 5.52. The van der Waals surface area contributed by atoms with E-state index in [1.807, 2.05) is 17.0 Å². The highest BCUT2D eigenvalue weighted by atomic mass is 19.1. The Labute approximate surface area is 158 Å². The SMILES string of the molecule is O=C1CCCN1c1ccc(C(=O)N2CCCC[C@H]2c2ccc(F)cc2)cc1. The molecule has 0 saturated carbocycles. The molecule has 0 N–H and O–H groups in total. The first-order chi connectivity index (χ1) is 13.1. The number of hydrogen-bond donors (Lipinski definition) is 0. The van der Waals surface area contributed by atoms with Crippen LogP contribution in [0.2, 0.25) is 0 Å². The third kappa shape index (κ3) is 3.59. The molecule has 2 heterocycles. The van der Waals surface area contributed by atoms with Crippen LogP contribution in [0, 0.1) is 5.82 Å². The van der Waals surface area contributed by atoms with E-state index in [2.05, 4.69) is 0 Å². The smallest absolute Gasteiger partial charge is 0.254 e. The summed E-state index contributed by atoms with van der Waals surface area (Å²) in [4.78, 5) is 28.7. The molecule has 2 aromatic rings. The Morgan fingerprint density at radius 3 is 2.33 bits per heavy atom. The predicted octanol–water partition coefficient (Wildman–Crippen LogP) is 4.32. The number of hydrogen-bond acceptors (Lipinski definition) is 2. The van der Waals surface area contributed by atoms with E-state index in [1.165, 1.54) is 12.1 Å². The maximum Gasteiger partial charge on any atom is 0.254 e. The van der Waals surface area contributed by atoms with E-state index in [0.717, 1.165) is 43.5 Å². The minimum atomic E-state index is -0.264. The van der Waals surface area contributed by atoms with Gasteiger partial charge < -0.3 is 9.80 Å². The average molecular weight is 366 g/mol. The summed E-state index contributed by atoms with van der Waals surface area (Å²) in [5, 5.41) is 0. The Morgan fingerprint density at radius 1 is 0.926 bits per heavy atom. The highest BCUT2D eigenvalue weighted by Gasteiger charge is 2.29. The Kier molecular flexibility index (Phi) is 4.92. The number of rotatable bonds is 3. The van der Waals surface area contributed by atoms with Crippen LogP contribution >= 0.6 is 0 Å². The Morgan fingerprint density at radius 2 is 1.67 bits per heavy atom. The maximum absolute atomic E-state index is 13.3. The van der Waals surface area contributed by atoms with Gasteiger partial charge in [-0.1, -0.05) is 12.1 Å². The van der Waals surface area contributed by atoms with Gasteiger partial charge in [0.1, 0.15) is 5.82 Å². The number of anilines is 1. The molecule has 2 aliphatic rings. The van der Waals surface area contributed by atoms with Gasteiger partial charge in [-0.3, -0.25) is 9.59 Å². The summed E-state index contributed by atoms with van der Waals surface area (Å²) in [5.41, 5.74) is 2.45. The molecular formula is C22H23FN2O2. The highest BCUT2D eigenvalue weighted by Crippen LogP contribution is 2.32. The number of piperidine rings is 1. The van der Waals surface area contributed by atoms with Crippen LogP contribution in [0.25, 0.3) is 0 Å². The summed E-state index contributed by atoms with van der Waals surface area (Å²) >= 11 is 0. The van der Waals surface area contributed by atoms with Crippen LogP contribution in [0.3, 0.4) is 0 Å². The first kappa shape index (κ1) is 17.7. The zero-order valence-corrected chi connectivity index (χ0v) is 15.2. The molecule has 2 fully saturated rings. The molecule has 2 aromatic carbocycles. The van der Waals surface area contributed by atoms with E-state index in [-0.39, 0.29) is 23.7 Å². The van der Waals surface area contributed by atoms with E-state index in [4.69, 9.17) is 0 Å². The largest absolute Gasteiger partial charge is 0.332 e. The van der Waals surface area contributed by atoms with E-state index in [9.17, 15) is 14.0 Å². The van der Waals surface area contributed by atoms with Gasteiger partial charge in [0.2, 0.25) is 5.91 Å². The molecule has 27 heavy (non-hydrogen) atoms. The Balaban J connectivity index is 1.54. The van der Waals surface area contributed by atoms with Crippen LogP contribution in [0.5, 0.6) is 0 Å². The number of benzene rings is 2. The van der Waals surface area contributed by atoms with Gasteiger partial charge >= 0.3 is 0 Å². The molecule has 0 aliphatic carbocycles. The lowest BCUT2D eigenvalue weighted by molar-refractivity contribution is -0.117. The second-order valence-electron chi connectivity index (χ2n) is 7.26. The molecule has 0 spiro atoms. The predicted molar refractivity (Wildman–Crippen MR) is 102 cm³/mol. The highest BCUT2D eigenvalue weighted by molar-refractivity contribution is 5.97. The molecule has 0 radical (unpaired) electrons. The summed E-state index contributed by atoms with van der Waals surface area (Å²) in [6.45, 7) is 1.44. The maximum atomic E-state index is 13.3. The van der Waals surface area contributed by atoms with Crippen LogP contribution in [0.1, 0.15) is 54.1 Å². The van der Waals surface area contributed by atoms with Gasteiger partial charge in [0.15, 0.2) is 0 Å². The van der Waals surface area contributed by atoms with Crippen molar-refractivity contribution in [3.63, 3.8) is 0 Å². The van der Waals surface area contributed by atoms with Crippen LogP contribution in [0.15, 0.2) is 48.5 Å². The molecule has 5 heteroatoms. The minimum absolute atomic E-state index is 0.0108. The zero-order chi connectivity index (χ0) is 18.8. The number of likely N-dealkylation sites (tertiary alicyclic amines) is 1. The monoisotopic (exact) mass is 366 g/mol. The molecule has 0 aromatic heterocycles. The van der Waals surface area contributed by atoms with E-state index < -0.39 is 0 Å². The standard InChI is InChI=1S/C22H23FN2O2/c23-18-10-6-16(7-11-18)20-4-1-2-14-25(20)22(27)17-8-12-19(13-9-17)24-15-3-5-21(24)26/h6-13,20H,1-5,14-15H2/t20-/m0/s1. The second-order valence-corrected chi connectivity index (χ2v) is 7.26. The summed E-state index contributed by atoms with van der Waals surface area (Å²) < 4.78 is 13.3. The first-order valence-corrected chi connectivity index (χ1v) is 9.60. The van der Waals surface area contributed by atoms with Crippen molar-refractivity contribution in [3.05, 3.63) is 65.5 Å². The number of amides is 2. The number of carbonyl (C=O) groups is 2. The van der Waals surface area contributed by atoms with E-state index in [1.54, 1.807) is 29.2 Å². The topological polar surface area (TPSA) is 40.6 Å². The number of nitrogens with zero attached hydrogens (tertiary/aromatic N) is 2. The fourth-order valence-corrected chi connectivity index (χ4v) is 4.08. The summed E-state index contributed by atoms with van der Waals surface area (Å²) in [5.74, 6) is -0.135. The molecular weight excluding hydrogens is 343 g/mol. The van der Waals surface area contributed by atoms with Crippen molar-refractivity contribution in [2.75, 3.05) is 18.0 Å². The fraction of sp³-hybridized carbons (Fsp3) is 0.364. The van der Waals surface area contributed by atoms with Gasteiger partial charge in [0.25, 0.3) is 5.91 Å². The summed E-state index contributed by atoms with van der Waals surface area (Å²) in [7, 11) is 0. The summed E-state index contributed by atoms with van der Waals surface area (Å²) in [6.07, 6.45) is 4.39. The van der Waals surface area contributed by atoms with Crippen molar-refractivity contribution < 1.29 is 14.0 Å². The van der Waals surface area contributed by atoms with Crippen molar-refractivity contribution in [2.24, 2.45) is 0 Å². The molecule has 4 rings (SSSR count). The van der Waals surface area contributed by atoms with Gasteiger partial charge in [-0.05, 0) is 67.6 Å². The van der Waals surface area contributed by atoms with Gasteiger partial charge in [-0.15, -0.1) is 0 Å². The van der Waals surface area contributed by atoms with Crippen molar-refractivity contribution in [2.45, 2.75) is 38.1 Å². The van der Waals surface area contributed by atoms with Crippen molar-refractivity contribution in [3.8, 4) is 0 Å². The van der Waals surface area contributed by atoms with Crippen LogP contribution in [0.4, 0.5) is 10.1 Å². The van der Waals surface area contributed by atoms with Gasteiger partial charge in [0.05, 0.1) is 6.04 Å². The average Bonchev–Trinajstić information content (AvgIpc) is 3.14. The molecule has 140 valence electrons. The molecule has 0 unspecified atom stereocenters. The molecule has 2 amide bonds. The van der Waals surface area contributed by atoms with Crippen LogP contribution in [-0.2, 0) is 4.79 Å². The van der Waals surface area contributed by atoms with Crippen molar-refractivity contribution in [1.29, 1.82) is 0 Å². The fourth-order valence-electron chi connectivity index (χ4n) is 4.08. The lowest BCUT2D eigenvalue weighted by atomic mass is 9.94. The third-order valence-corrected chi connectivity index (χ3v) is 5.52. The molecule has 1 atom stereocenters. The number of carbonyl (C=O) groups excluding carboxylic acids is 2. The zero-order valence-electron chi connectivity index (χ0n) is 15.2. The molecule has 0 bridgehead atoms. The van der Waals surface area contributed by atoms with Crippen molar-refractivity contribution in [1.82, 2.24) is 4.90 Å². The van der Waals surface area contributed by atoms with Crippen LogP contribution in [-0.4, -0.2) is 29.8 Å². The molecule has 4 nitrogen and oxygen atoms in total. The molecule has 2 saturated heterocycles. The van der Waals surface area contributed by atoms with Crippen LogP contribution < -0.4 is 4.90 Å². The lowest BCUT2D eigenvalue weighted by Crippen LogP contribution is -2.38. The second kappa shape index (κ2) is 7.51. The van der Waals surface area contributed by atoms with Gasteiger partial charge in [-0.25, -0.2) is 4.39 Å². The van der Waals surface area contributed by atoms with E-state index in [0.29, 0.717) is 18.5 Å². The molecule has 2 aliphatic heterocycles. The summed E-state index contributed by atoms with van der Waals surface area (Å²) in [6, 6.07) is 13.7. The lowest BCUT2D eigenvalue weighted by Gasteiger charge is -2.36. The Hall–Kier alpha value is -2.69. The Bertz CT molecular complexity index is 832.